The molecule has 5 nitrogen and oxygen atoms in total. The maximum atomic E-state index is 11.9. The fourth-order valence-electron chi connectivity index (χ4n) is 2.61. The van der Waals surface area contributed by atoms with Crippen LogP contribution in [0.2, 0.25) is 0 Å². The number of carbonyl (C=O) groups is 1. The van der Waals surface area contributed by atoms with Crippen LogP contribution < -0.4 is 0 Å². The molecule has 1 aromatic carbocycles. The Hall–Kier alpha value is -1.96. The number of aryl methyl sites for hydroxylation is 1. The van der Waals surface area contributed by atoms with Gasteiger partial charge < -0.3 is 9.47 Å². The number of carbonyl (C=O) groups excluding carboxylic acids is 1. The van der Waals surface area contributed by atoms with Gasteiger partial charge in [-0.15, -0.1) is 11.3 Å². The van der Waals surface area contributed by atoms with Crippen molar-refractivity contribution >= 4 is 39.3 Å². The van der Waals surface area contributed by atoms with Crippen molar-refractivity contribution in [3.05, 3.63) is 41.5 Å². The van der Waals surface area contributed by atoms with E-state index in [0.29, 0.717) is 13.2 Å². The molecule has 0 bridgehead atoms. The third-order valence-electron chi connectivity index (χ3n) is 3.71. The molecule has 0 N–H and O–H groups in total. The summed E-state index contributed by atoms with van der Waals surface area (Å²) in [6.07, 6.45) is 1.55. The van der Waals surface area contributed by atoms with Crippen molar-refractivity contribution in [3.63, 3.8) is 0 Å². The van der Waals surface area contributed by atoms with Crippen LogP contribution in [0.3, 0.4) is 0 Å². The van der Waals surface area contributed by atoms with Crippen LogP contribution in [-0.2, 0) is 14.3 Å². The van der Waals surface area contributed by atoms with E-state index in [1.807, 2.05) is 25.1 Å². The van der Waals surface area contributed by atoms with Crippen molar-refractivity contribution in [2.45, 2.75) is 18.9 Å². The number of hydrogen-bond acceptors (Lipinski definition) is 7. The molecule has 0 saturated carbocycles. The van der Waals surface area contributed by atoms with E-state index in [0.717, 1.165) is 26.4 Å². The van der Waals surface area contributed by atoms with Gasteiger partial charge in [-0.1, -0.05) is 42.1 Å². The number of aromatic nitrogens is 2. The van der Waals surface area contributed by atoms with Crippen LogP contribution in [0.4, 0.5) is 0 Å². The zero-order chi connectivity index (χ0) is 18.4. The summed E-state index contributed by atoms with van der Waals surface area (Å²) in [6, 6.07) is 10.2. The summed E-state index contributed by atoms with van der Waals surface area (Å²) in [7, 11) is 0. The summed E-state index contributed by atoms with van der Waals surface area (Å²) in [5.74, 6) is -0.0591. The molecule has 0 amide bonds. The lowest BCUT2D eigenvalue weighted by atomic mass is 10.0. The maximum Gasteiger partial charge on any atom is 0.316 e. The zero-order valence-corrected chi connectivity index (χ0v) is 16.4. The number of ether oxygens (including phenoxy) is 2. The molecule has 0 atom stereocenters. The van der Waals surface area contributed by atoms with Gasteiger partial charge in [0.25, 0.3) is 0 Å². The van der Waals surface area contributed by atoms with Crippen LogP contribution in [-0.4, -0.2) is 41.5 Å². The number of fused-ring (bicyclic) bond motifs is 1. The number of thiophene rings is 1. The average Bonchev–Trinajstić information content (AvgIpc) is 3.00. The number of hydrogen-bond donors (Lipinski definition) is 0. The third kappa shape index (κ3) is 4.41. The molecule has 7 heteroatoms. The minimum Gasteiger partial charge on any atom is -0.463 e. The molecule has 3 aromatic rings. The van der Waals surface area contributed by atoms with Gasteiger partial charge in [0.2, 0.25) is 0 Å². The Morgan fingerprint density at radius 1 is 1.19 bits per heavy atom. The van der Waals surface area contributed by atoms with Crippen molar-refractivity contribution < 1.29 is 14.3 Å². The van der Waals surface area contributed by atoms with E-state index in [4.69, 9.17) is 9.47 Å². The SMILES string of the molecule is CCOCCOC(=O)CSc1ncnc2sc(C)c(-c3ccccc3)c12. The van der Waals surface area contributed by atoms with E-state index in [1.165, 1.54) is 16.6 Å². The third-order valence-corrected chi connectivity index (χ3v) is 5.69. The summed E-state index contributed by atoms with van der Waals surface area (Å²) in [4.78, 5) is 22.9. The minimum atomic E-state index is -0.269. The standard InChI is InChI=1S/C19H20N2O3S2/c1-3-23-9-10-24-15(22)11-25-18-17-16(14-7-5-4-6-8-14)13(2)26-19(17)21-12-20-18/h4-8,12H,3,9-11H2,1-2H3. The summed E-state index contributed by atoms with van der Waals surface area (Å²) < 4.78 is 10.3. The molecule has 0 fully saturated rings. The average molecular weight is 389 g/mol. The van der Waals surface area contributed by atoms with E-state index < -0.39 is 0 Å². The summed E-state index contributed by atoms with van der Waals surface area (Å²) in [6.45, 7) is 5.31. The Labute approximate surface area is 160 Å². The lowest BCUT2D eigenvalue weighted by Gasteiger charge is -2.07. The highest BCUT2D eigenvalue weighted by Crippen LogP contribution is 2.41. The Morgan fingerprint density at radius 3 is 2.77 bits per heavy atom. The summed E-state index contributed by atoms with van der Waals surface area (Å²) >= 11 is 3.03. The van der Waals surface area contributed by atoms with Crippen molar-refractivity contribution in [1.29, 1.82) is 0 Å². The fraction of sp³-hybridized carbons (Fsp3) is 0.316. The first kappa shape index (κ1) is 18.8. The second kappa shape index (κ2) is 9.12. The van der Waals surface area contributed by atoms with Gasteiger partial charge in [0, 0.05) is 17.0 Å². The van der Waals surface area contributed by atoms with Crippen LogP contribution in [0.5, 0.6) is 0 Å². The van der Waals surface area contributed by atoms with Gasteiger partial charge in [0.1, 0.15) is 22.8 Å². The minimum absolute atomic E-state index is 0.210. The molecule has 2 heterocycles. The molecule has 0 aliphatic rings. The maximum absolute atomic E-state index is 11.9. The fourth-order valence-corrected chi connectivity index (χ4v) is 4.49. The normalized spacial score (nSPS) is 11.0. The van der Waals surface area contributed by atoms with Gasteiger partial charge >= 0.3 is 5.97 Å². The molecular formula is C19H20N2O3S2. The highest BCUT2D eigenvalue weighted by molar-refractivity contribution is 8.00. The first-order valence-corrected chi connectivity index (χ1v) is 10.2. The molecule has 26 heavy (non-hydrogen) atoms. The molecule has 0 aliphatic heterocycles. The Morgan fingerprint density at radius 2 is 2.00 bits per heavy atom. The van der Waals surface area contributed by atoms with Crippen LogP contribution in [0, 0.1) is 6.92 Å². The van der Waals surface area contributed by atoms with Crippen molar-refractivity contribution in [2.75, 3.05) is 25.6 Å². The molecule has 2 aromatic heterocycles. The van der Waals surface area contributed by atoms with E-state index in [-0.39, 0.29) is 18.3 Å². The number of benzene rings is 1. The largest absolute Gasteiger partial charge is 0.463 e. The number of thioether (sulfide) groups is 1. The molecule has 0 saturated heterocycles. The van der Waals surface area contributed by atoms with Gasteiger partial charge in [-0.25, -0.2) is 9.97 Å². The van der Waals surface area contributed by atoms with Crippen LogP contribution >= 0.6 is 23.1 Å². The van der Waals surface area contributed by atoms with E-state index in [1.54, 1.807) is 17.7 Å². The predicted octanol–water partition coefficient (Wildman–Crippen LogP) is 4.34. The second-order valence-electron chi connectivity index (χ2n) is 5.46. The number of rotatable bonds is 8. The Kier molecular flexibility index (Phi) is 6.60. The van der Waals surface area contributed by atoms with Crippen LogP contribution in [0.15, 0.2) is 41.7 Å². The van der Waals surface area contributed by atoms with Crippen molar-refractivity contribution in [3.8, 4) is 11.1 Å². The van der Waals surface area contributed by atoms with E-state index >= 15 is 0 Å². The molecule has 0 spiro atoms. The van der Waals surface area contributed by atoms with Gasteiger partial charge in [-0.3, -0.25) is 4.79 Å². The molecule has 136 valence electrons. The van der Waals surface area contributed by atoms with Crippen molar-refractivity contribution in [2.24, 2.45) is 0 Å². The monoisotopic (exact) mass is 388 g/mol. The van der Waals surface area contributed by atoms with E-state index in [9.17, 15) is 4.79 Å². The van der Waals surface area contributed by atoms with Crippen LogP contribution in [0.1, 0.15) is 11.8 Å². The van der Waals surface area contributed by atoms with Gasteiger partial charge in [0.05, 0.1) is 17.7 Å². The number of nitrogens with zero attached hydrogens (tertiary/aromatic N) is 2. The highest BCUT2D eigenvalue weighted by Gasteiger charge is 2.17. The molecule has 3 rings (SSSR count). The molecule has 0 aliphatic carbocycles. The zero-order valence-electron chi connectivity index (χ0n) is 14.7. The second-order valence-corrected chi connectivity index (χ2v) is 7.63. The van der Waals surface area contributed by atoms with Gasteiger partial charge in [-0.2, -0.15) is 0 Å². The lowest BCUT2D eigenvalue weighted by molar-refractivity contribution is -0.141. The summed E-state index contributed by atoms with van der Waals surface area (Å²) in [5.41, 5.74) is 2.27. The van der Waals surface area contributed by atoms with Crippen LogP contribution in [0.25, 0.3) is 21.3 Å². The smallest absolute Gasteiger partial charge is 0.316 e. The first-order chi connectivity index (χ1) is 12.7. The summed E-state index contributed by atoms with van der Waals surface area (Å²) in [5, 5.41) is 1.81. The molecule has 0 unspecified atom stereocenters. The Bertz CT molecular complexity index is 881. The van der Waals surface area contributed by atoms with E-state index in [2.05, 4.69) is 29.0 Å². The Balaban J connectivity index is 1.80. The molecular weight excluding hydrogens is 368 g/mol. The predicted molar refractivity (Wildman–Crippen MR) is 106 cm³/mol. The number of esters is 1. The topological polar surface area (TPSA) is 61.3 Å². The lowest BCUT2D eigenvalue weighted by Crippen LogP contribution is -2.12. The highest BCUT2D eigenvalue weighted by atomic mass is 32.2. The first-order valence-electron chi connectivity index (χ1n) is 8.36. The van der Waals surface area contributed by atoms with Gasteiger partial charge in [-0.05, 0) is 19.4 Å². The quantitative estimate of drug-likeness (QED) is 0.248. The van der Waals surface area contributed by atoms with Gasteiger partial charge in [0.15, 0.2) is 0 Å². The van der Waals surface area contributed by atoms with Crippen molar-refractivity contribution in [1.82, 2.24) is 9.97 Å². The molecule has 0 radical (unpaired) electrons.